The van der Waals surface area contributed by atoms with Crippen molar-refractivity contribution < 1.29 is 17.9 Å². The molecule has 1 fully saturated rings. The van der Waals surface area contributed by atoms with E-state index in [2.05, 4.69) is 11.2 Å². The van der Waals surface area contributed by atoms with E-state index in [0.717, 1.165) is 18.5 Å². The number of benzene rings is 1. The Balaban J connectivity index is 1.58. The Morgan fingerprint density at radius 2 is 1.91 bits per heavy atom. The van der Waals surface area contributed by atoms with E-state index in [0.29, 0.717) is 30.0 Å². The summed E-state index contributed by atoms with van der Waals surface area (Å²) in [5, 5.41) is 14.0. The van der Waals surface area contributed by atoms with E-state index in [-0.39, 0.29) is 17.2 Å². The molecule has 32 heavy (non-hydrogen) atoms. The summed E-state index contributed by atoms with van der Waals surface area (Å²) < 4.78 is 35.5. The van der Waals surface area contributed by atoms with Crippen LogP contribution in [0.5, 0.6) is 0 Å². The lowest BCUT2D eigenvalue weighted by Gasteiger charge is -2.13. The van der Waals surface area contributed by atoms with Gasteiger partial charge in [-0.2, -0.15) is 14.7 Å². The molecule has 0 radical (unpaired) electrons. The number of hydrogen-bond donors (Lipinski definition) is 0. The number of aryl methyl sites for hydroxylation is 2. The average Bonchev–Trinajstić information content (AvgIpc) is 3.52. The summed E-state index contributed by atoms with van der Waals surface area (Å²) in [5.74, 6) is -0.683. The van der Waals surface area contributed by atoms with E-state index in [9.17, 15) is 18.5 Å². The number of rotatable bonds is 6. The Labute approximate surface area is 186 Å². The summed E-state index contributed by atoms with van der Waals surface area (Å²) in [5.41, 5.74) is 2.17. The first-order valence-corrected chi connectivity index (χ1v) is 11.6. The van der Waals surface area contributed by atoms with Crippen molar-refractivity contribution in [1.82, 2.24) is 18.7 Å². The second-order valence-corrected chi connectivity index (χ2v) is 9.56. The van der Waals surface area contributed by atoms with Crippen LogP contribution in [-0.2, 0) is 28.4 Å². The highest BCUT2D eigenvalue weighted by Gasteiger charge is 2.30. The van der Waals surface area contributed by atoms with Gasteiger partial charge in [-0.15, -0.1) is 0 Å². The summed E-state index contributed by atoms with van der Waals surface area (Å²) in [4.78, 5) is 12.9. The molecule has 0 aliphatic carbocycles. The van der Waals surface area contributed by atoms with E-state index >= 15 is 0 Å². The van der Waals surface area contributed by atoms with Crippen LogP contribution in [0.15, 0.2) is 47.5 Å². The molecule has 166 valence electrons. The van der Waals surface area contributed by atoms with Gasteiger partial charge < -0.3 is 9.30 Å². The van der Waals surface area contributed by atoms with E-state index < -0.39 is 16.0 Å². The number of nitrogens with zero attached hydrogens (tertiary/aromatic N) is 5. The number of aromatic nitrogens is 3. The number of hydrogen-bond acceptors (Lipinski definition) is 6. The maximum Gasteiger partial charge on any atom is 0.355 e. The Kier molecular flexibility index (Phi) is 5.86. The van der Waals surface area contributed by atoms with Gasteiger partial charge in [-0.25, -0.2) is 17.9 Å². The quantitative estimate of drug-likeness (QED) is 0.531. The number of nitriles is 1. The predicted octanol–water partition coefficient (Wildman–Crippen LogP) is 2.53. The SMILES string of the molecule is Cc1nn(-c2ccccc2)c(COC(=O)c2cc(S(=O)(=O)N3CCCC3)cn2C)c1C#N. The van der Waals surface area contributed by atoms with E-state index in [1.54, 1.807) is 18.7 Å². The number of sulfonamides is 1. The molecule has 1 aliphatic rings. The molecule has 3 heterocycles. The molecule has 4 rings (SSSR count). The lowest BCUT2D eigenvalue weighted by Crippen LogP contribution is -2.27. The standard InChI is InChI=1S/C22H23N5O4S/c1-16-19(13-23)21(27(24-16)17-8-4-3-5-9-17)15-31-22(28)20-12-18(14-25(20)2)32(29,30)26-10-6-7-11-26/h3-5,8-9,12,14H,6-7,10-11,15H2,1-2H3. The average molecular weight is 454 g/mol. The van der Waals surface area contributed by atoms with Crippen molar-refractivity contribution in [3.05, 3.63) is 65.2 Å². The molecule has 2 aromatic heterocycles. The van der Waals surface area contributed by atoms with Gasteiger partial charge in [-0.3, -0.25) is 0 Å². The summed E-state index contributed by atoms with van der Waals surface area (Å²) in [6.07, 6.45) is 3.08. The third-order valence-electron chi connectivity index (χ3n) is 5.50. The molecule has 0 unspecified atom stereocenters. The van der Waals surface area contributed by atoms with Crippen molar-refractivity contribution in [3.8, 4) is 11.8 Å². The first kappa shape index (κ1) is 21.8. The lowest BCUT2D eigenvalue weighted by molar-refractivity contribution is 0.0453. The molecule has 1 aromatic carbocycles. The minimum absolute atomic E-state index is 0.0664. The predicted molar refractivity (Wildman–Crippen MR) is 116 cm³/mol. The highest BCUT2D eigenvalue weighted by Crippen LogP contribution is 2.24. The van der Waals surface area contributed by atoms with Crippen LogP contribution in [0, 0.1) is 18.3 Å². The zero-order valence-electron chi connectivity index (χ0n) is 17.9. The van der Waals surface area contributed by atoms with Gasteiger partial charge in [0.25, 0.3) is 0 Å². The van der Waals surface area contributed by atoms with E-state index in [4.69, 9.17) is 4.74 Å². The van der Waals surface area contributed by atoms with Crippen LogP contribution in [0.4, 0.5) is 0 Å². The minimum Gasteiger partial charge on any atom is -0.454 e. The van der Waals surface area contributed by atoms with Crippen LogP contribution in [0.2, 0.25) is 0 Å². The van der Waals surface area contributed by atoms with Crippen molar-refractivity contribution in [2.45, 2.75) is 31.3 Å². The molecule has 0 amide bonds. The van der Waals surface area contributed by atoms with Gasteiger partial charge in [-0.05, 0) is 38.0 Å². The van der Waals surface area contributed by atoms with Gasteiger partial charge >= 0.3 is 5.97 Å². The largest absolute Gasteiger partial charge is 0.454 e. The first-order valence-electron chi connectivity index (χ1n) is 10.2. The molecular formula is C22H23N5O4S. The topological polar surface area (TPSA) is 110 Å². The number of para-hydroxylation sites is 1. The Bertz CT molecular complexity index is 1300. The van der Waals surface area contributed by atoms with Crippen LogP contribution in [0.1, 0.15) is 40.3 Å². The zero-order valence-corrected chi connectivity index (χ0v) is 18.7. The van der Waals surface area contributed by atoms with Gasteiger partial charge in [0.05, 0.1) is 17.1 Å². The van der Waals surface area contributed by atoms with Gasteiger partial charge in [-0.1, -0.05) is 18.2 Å². The lowest BCUT2D eigenvalue weighted by atomic mass is 10.2. The number of ether oxygens (including phenoxy) is 1. The Hall–Kier alpha value is -3.42. The normalized spacial score (nSPS) is 14.4. The van der Waals surface area contributed by atoms with Crippen LogP contribution in [0.3, 0.4) is 0 Å². The van der Waals surface area contributed by atoms with Crippen molar-refractivity contribution in [2.75, 3.05) is 13.1 Å². The number of esters is 1. The second kappa shape index (κ2) is 8.61. The van der Waals surface area contributed by atoms with E-state index in [1.807, 2.05) is 30.3 Å². The fourth-order valence-electron chi connectivity index (χ4n) is 3.80. The van der Waals surface area contributed by atoms with Crippen LogP contribution >= 0.6 is 0 Å². The monoisotopic (exact) mass is 453 g/mol. The molecule has 3 aromatic rings. The summed E-state index contributed by atoms with van der Waals surface area (Å²) in [6, 6.07) is 12.7. The fourth-order valence-corrected chi connectivity index (χ4v) is 5.39. The second-order valence-electron chi connectivity index (χ2n) is 7.63. The van der Waals surface area contributed by atoms with Crippen molar-refractivity contribution >= 4 is 16.0 Å². The molecule has 1 aliphatic heterocycles. The third kappa shape index (κ3) is 3.92. The molecule has 0 saturated carbocycles. The molecular weight excluding hydrogens is 430 g/mol. The maximum atomic E-state index is 12.8. The molecule has 0 spiro atoms. The molecule has 0 bridgehead atoms. The maximum absolute atomic E-state index is 12.8. The molecule has 1 saturated heterocycles. The molecule has 0 atom stereocenters. The van der Waals surface area contributed by atoms with Gasteiger partial charge in [0.15, 0.2) is 0 Å². The Morgan fingerprint density at radius 3 is 2.56 bits per heavy atom. The van der Waals surface area contributed by atoms with Crippen LogP contribution < -0.4 is 0 Å². The first-order chi connectivity index (χ1) is 15.3. The van der Waals surface area contributed by atoms with Gasteiger partial charge in [0.2, 0.25) is 10.0 Å². The molecule has 10 heteroatoms. The van der Waals surface area contributed by atoms with Crippen molar-refractivity contribution in [2.24, 2.45) is 7.05 Å². The smallest absolute Gasteiger partial charge is 0.355 e. The van der Waals surface area contributed by atoms with Gasteiger partial charge in [0.1, 0.15) is 28.8 Å². The highest BCUT2D eigenvalue weighted by molar-refractivity contribution is 7.89. The van der Waals surface area contributed by atoms with Crippen LogP contribution in [0.25, 0.3) is 5.69 Å². The number of carbonyl (C=O) groups excluding carboxylic acids is 1. The molecule has 0 N–H and O–H groups in total. The van der Waals surface area contributed by atoms with Crippen molar-refractivity contribution in [1.29, 1.82) is 5.26 Å². The fraction of sp³-hybridized carbons (Fsp3) is 0.318. The summed E-state index contributed by atoms with van der Waals surface area (Å²) in [6.45, 7) is 2.50. The van der Waals surface area contributed by atoms with Crippen molar-refractivity contribution in [3.63, 3.8) is 0 Å². The summed E-state index contributed by atoms with van der Waals surface area (Å²) >= 11 is 0. The Morgan fingerprint density at radius 1 is 1.22 bits per heavy atom. The minimum atomic E-state index is -3.64. The summed E-state index contributed by atoms with van der Waals surface area (Å²) in [7, 11) is -2.05. The zero-order chi connectivity index (χ0) is 22.9. The highest BCUT2D eigenvalue weighted by atomic mass is 32.2. The number of carbonyl (C=O) groups is 1. The van der Waals surface area contributed by atoms with Crippen LogP contribution in [-0.4, -0.2) is 46.1 Å². The third-order valence-corrected chi connectivity index (χ3v) is 7.36. The van der Waals surface area contributed by atoms with E-state index in [1.165, 1.54) is 21.1 Å². The molecule has 9 nitrogen and oxygen atoms in total. The van der Waals surface area contributed by atoms with Gasteiger partial charge in [0, 0.05) is 26.3 Å².